The Bertz CT molecular complexity index is 588. The number of rotatable bonds is 1. The molecule has 0 atom stereocenters. The summed E-state index contributed by atoms with van der Waals surface area (Å²) in [5.41, 5.74) is 12.3. The zero-order valence-electron chi connectivity index (χ0n) is 12.3. The molecule has 0 aliphatic rings. The summed E-state index contributed by atoms with van der Waals surface area (Å²) in [6, 6.07) is 11.3. The van der Waals surface area contributed by atoms with Gasteiger partial charge in [-0.15, -0.1) is 0 Å². The van der Waals surface area contributed by atoms with Gasteiger partial charge in [0, 0.05) is 15.8 Å². The van der Waals surface area contributed by atoms with E-state index in [1.54, 1.807) is 0 Å². The van der Waals surface area contributed by atoms with Crippen molar-refractivity contribution in [2.45, 2.75) is 25.9 Å². The lowest BCUT2D eigenvalue weighted by Gasteiger charge is -2.07. The monoisotopic (exact) mass is 374 g/mol. The molecule has 0 saturated carbocycles. The summed E-state index contributed by atoms with van der Waals surface area (Å²) in [6.45, 7) is 4.34. The molecule has 2 nitrogen and oxygen atoms in total. The van der Waals surface area contributed by atoms with E-state index in [4.69, 9.17) is 11.5 Å². The molecule has 22 heavy (non-hydrogen) atoms. The average molecular weight is 375 g/mol. The fourth-order valence-corrected chi connectivity index (χ4v) is 2.17. The molecule has 0 aliphatic heterocycles. The standard InChI is InChI=1S/C9H13N.C7H5BrF3N/c1-7(2)8-3-5-9(10)6-4-8;8-5-1-4(7(9,10)11)2-6(12)3-5/h3-7H,10H2,1-2H3;1-3H,12H2. The molecule has 2 aromatic carbocycles. The third kappa shape index (κ3) is 5.97. The van der Waals surface area contributed by atoms with Crippen molar-refractivity contribution < 1.29 is 13.2 Å². The van der Waals surface area contributed by atoms with E-state index < -0.39 is 11.7 Å². The van der Waals surface area contributed by atoms with E-state index in [0.717, 1.165) is 17.8 Å². The fraction of sp³-hybridized carbons (Fsp3) is 0.250. The van der Waals surface area contributed by atoms with Crippen LogP contribution in [0.4, 0.5) is 24.5 Å². The molecule has 2 aromatic rings. The Hall–Kier alpha value is -1.69. The van der Waals surface area contributed by atoms with Crippen LogP contribution in [0, 0.1) is 0 Å². The Kier molecular flexibility index (Phi) is 6.29. The molecular formula is C16H18BrF3N2. The molecular weight excluding hydrogens is 357 g/mol. The molecule has 0 aliphatic carbocycles. The Morgan fingerprint density at radius 3 is 1.86 bits per heavy atom. The van der Waals surface area contributed by atoms with Crippen LogP contribution in [-0.2, 0) is 6.18 Å². The third-order valence-corrected chi connectivity index (χ3v) is 3.31. The van der Waals surface area contributed by atoms with E-state index in [9.17, 15) is 13.2 Å². The van der Waals surface area contributed by atoms with Gasteiger partial charge in [0.15, 0.2) is 0 Å². The second-order valence-electron chi connectivity index (χ2n) is 5.09. The highest BCUT2D eigenvalue weighted by molar-refractivity contribution is 9.10. The van der Waals surface area contributed by atoms with E-state index in [0.29, 0.717) is 10.4 Å². The first kappa shape index (κ1) is 18.4. The van der Waals surface area contributed by atoms with Crippen molar-refractivity contribution in [3.05, 3.63) is 58.1 Å². The zero-order valence-corrected chi connectivity index (χ0v) is 13.9. The van der Waals surface area contributed by atoms with E-state index in [-0.39, 0.29) is 5.69 Å². The first-order chi connectivity index (χ1) is 10.1. The van der Waals surface area contributed by atoms with Crippen LogP contribution in [-0.4, -0.2) is 0 Å². The molecule has 0 spiro atoms. The molecule has 0 aromatic heterocycles. The molecule has 0 radical (unpaired) electrons. The Morgan fingerprint density at radius 1 is 0.909 bits per heavy atom. The van der Waals surface area contributed by atoms with Crippen LogP contribution in [0.1, 0.15) is 30.9 Å². The molecule has 0 bridgehead atoms. The number of alkyl halides is 3. The number of hydrogen-bond acceptors (Lipinski definition) is 2. The van der Waals surface area contributed by atoms with Gasteiger partial charge in [-0.2, -0.15) is 13.2 Å². The van der Waals surface area contributed by atoms with Crippen molar-refractivity contribution in [2.24, 2.45) is 0 Å². The maximum Gasteiger partial charge on any atom is 0.416 e. The maximum absolute atomic E-state index is 12.1. The van der Waals surface area contributed by atoms with Gasteiger partial charge in [-0.1, -0.05) is 41.9 Å². The van der Waals surface area contributed by atoms with Crippen LogP contribution in [0.2, 0.25) is 0 Å². The van der Waals surface area contributed by atoms with Crippen LogP contribution in [0.25, 0.3) is 0 Å². The quantitative estimate of drug-likeness (QED) is 0.652. The lowest BCUT2D eigenvalue weighted by molar-refractivity contribution is -0.137. The van der Waals surface area contributed by atoms with Crippen LogP contribution in [0.3, 0.4) is 0 Å². The van der Waals surface area contributed by atoms with Gasteiger partial charge in [0.2, 0.25) is 0 Å². The van der Waals surface area contributed by atoms with E-state index in [1.165, 1.54) is 11.6 Å². The summed E-state index contributed by atoms with van der Waals surface area (Å²) >= 11 is 2.93. The minimum atomic E-state index is -4.34. The Morgan fingerprint density at radius 2 is 1.45 bits per heavy atom. The van der Waals surface area contributed by atoms with Gasteiger partial charge in [-0.3, -0.25) is 0 Å². The molecule has 0 saturated heterocycles. The van der Waals surface area contributed by atoms with Gasteiger partial charge in [-0.25, -0.2) is 0 Å². The molecule has 0 heterocycles. The fourth-order valence-electron chi connectivity index (χ4n) is 1.66. The van der Waals surface area contributed by atoms with Gasteiger partial charge in [0.1, 0.15) is 0 Å². The average Bonchev–Trinajstić information content (AvgIpc) is 2.37. The van der Waals surface area contributed by atoms with Crippen molar-refractivity contribution >= 4 is 27.3 Å². The third-order valence-electron chi connectivity index (χ3n) is 2.85. The summed E-state index contributed by atoms with van der Waals surface area (Å²) in [6.07, 6.45) is -4.34. The molecule has 2 rings (SSSR count). The van der Waals surface area contributed by atoms with E-state index >= 15 is 0 Å². The number of halogens is 4. The highest BCUT2D eigenvalue weighted by atomic mass is 79.9. The first-order valence-corrected chi connectivity index (χ1v) is 7.37. The predicted molar refractivity (Wildman–Crippen MR) is 88.5 cm³/mol. The van der Waals surface area contributed by atoms with Crippen LogP contribution in [0.15, 0.2) is 46.9 Å². The molecule has 0 amide bonds. The van der Waals surface area contributed by atoms with Crippen LogP contribution in [0.5, 0.6) is 0 Å². The van der Waals surface area contributed by atoms with E-state index in [1.807, 2.05) is 12.1 Å². The molecule has 120 valence electrons. The second kappa shape index (κ2) is 7.54. The summed E-state index contributed by atoms with van der Waals surface area (Å²) in [4.78, 5) is 0. The summed E-state index contributed by atoms with van der Waals surface area (Å²) in [5.74, 6) is 0.598. The topological polar surface area (TPSA) is 52.0 Å². The van der Waals surface area contributed by atoms with E-state index in [2.05, 4.69) is 41.9 Å². The zero-order chi connectivity index (χ0) is 16.9. The summed E-state index contributed by atoms with van der Waals surface area (Å²) in [5, 5.41) is 0. The minimum absolute atomic E-state index is 0.0942. The first-order valence-electron chi connectivity index (χ1n) is 6.58. The Balaban J connectivity index is 0.000000224. The van der Waals surface area contributed by atoms with Crippen molar-refractivity contribution in [3.8, 4) is 0 Å². The highest BCUT2D eigenvalue weighted by Gasteiger charge is 2.30. The summed E-state index contributed by atoms with van der Waals surface area (Å²) in [7, 11) is 0. The molecule has 0 unspecified atom stereocenters. The van der Waals surface area contributed by atoms with Gasteiger partial charge in [0.05, 0.1) is 5.56 Å². The lowest BCUT2D eigenvalue weighted by Crippen LogP contribution is -2.05. The Labute approximate surface area is 136 Å². The summed E-state index contributed by atoms with van der Waals surface area (Å²) < 4.78 is 36.5. The minimum Gasteiger partial charge on any atom is -0.399 e. The largest absolute Gasteiger partial charge is 0.416 e. The number of nitrogen functional groups attached to an aromatic ring is 2. The highest BCUT2D eigenvalue weighted by Crippen LogP contribution is 2.32. The predicted octanol–water partition coefficient (Wildman–Crippen LogP) is 5.44. The molecule has 4 N–H and O–H groups in total. The second-order valence-corrected chi connectivity index (χ2v) is 6.01. The smallest absolute Gasteiger partial charge is 0.399 e. The molecule has 6 heteroatoms. The lowest BCUT2D eigenvalue weighted by atomic mass is 10.0. The van der Waals surface area contributed by atoms with Gasteiger partial charge >= 0.3 is 6.18 Å². The maximum atomic E-state index is 12.1. The SMILES string of the molecule is CC(C)c1ccc(N)cc1.Nc1cc(Br)cc(C(F)(F)F)c1. The van der Waals surface area contributed by atoms with Gasteiger partial charge < -0.3 is 11.5 Å². The van der Waals surface area contributed by atoms with Gasteiger partial charge in [0.25, 0.3) is 0 Å². The molecule has 0 fully saturated rings. The normalized spacial score (nSPS) is 11.0. The number of nitrogens with two attached hydrogens (primary N) is 2. The van der Waals surface area contributed by atoms with Crippen molar-refractivity contribution in [1.29, 1.82) is 0 Å². The van der Waals surface area contributed by atoms with Crippen LogP contribution < -0.4 is 11.5 Å². The number of anilines is 2. The van der Waals surface area contributed by atoms with Crippen LogP contribution >= 0.6 is 15.9 Å². The van der Waals surface area contributed by atoms with Crippen molar-refractivity contribution in [2.75, 3.05) is 11.5 Å². The number of benzene rings is 2. The number of hydrogen-bond donors (Lipinski definition) is 2. The van der Waals surface area contributed by atoms with Crippen molar-refractivity contribution in [3.63, 3.8) is 0 Å². The van der Waals surface area contributed by atoms with Crippen molar-refractivity contribution in [1.82, 2.24) is 0 Å². The van der Waals surface area contributed by atoms with Gasteiger partial charge in [-0.05, 0) is 41.8 Å².